The lowest BCUT2D eigenvalue weighted by Crippen LogP contribution is -2.39. The van der Waals surface area contributed by atoms with Gasteiger partial charge in [-0.2, -0.15) is 0 Å². The third-order valence-electron chi connectivity index (χ3n) is 4.44. The Hall–Kier alpha value is -2.28. The molecule has 24 heavy (non-hydrogen) atoms. The molecule has 0 saturated carbocycles. The zero-order valence-electron chi connectivity index (χ0n) is 14.0. The van der Waals surface area contributed by atoms with Crippen molar-refractivity contribution < 1.29 is 13.2 Å². The van der Waals surface area contributed by atoms with Gasteiger partial charge in [0.1, 0.15) is 10.6 Å². The van der Waals surface area contributed by atoms with E-state index in [0.29, 0.717) is 31.0 Å². The number of nitrogens with one attached hydrogen (secondary N) is 1. The zero-order chi connectivity index (χ0) is 17.5. The quantitative estimate of drug-likeness (QED) is 0.923. The van der Waals surface area contributed by atoms with Crippen LogP contribution in [0.1, 0.15) is 28.5 Å². The predicted octanol–water partition coefficient (Wildman–Crippen LogP) is 2.38. The van der Waals surface area contributed by atoms with Gasteiger partial charge in [-0.25, -0.2) is 8.42 Å². The summed E-state index contributed by atoms with van der Waals surface area (Å²) in [7, 11) is -3.73. The second-order valence-electron chi connectivity index (χ2n) is 6.04. The van der Waals surface area contributed by atoms with Crippen molar-refractivity contribution in [3.63, 3.8) is 0 Å². The van der Waals surface area contributed by atoms with Gasteiger partial charge in [-0.1, -0.05) is 6.07 Å². The maximum Gasteiger partial charge on any atom is 0.270 e. The Balaban J connectivity index is 1.91. The van der Waals surface area contributed by atoms with Crippen molar-refractivity contribution in [2.24, 2.45) is 0 Å². The van der Waals surface area contributed by atoms with Crippen LogP contribution in [0.4, 0.5) is 5.69 Å². The Bertz CT molecular complexity index is 900. The maximum absolute atomic E-state index is 12.6. The van der Waals surface area contributed by atoms with Crippen LogP contribution in [0.2, 0.25) is 0 Å². The van der Waals surface area contributed by atoms with Gasteiger partial charge in [0.05, 0.1) is 0 Å². The van der Waals surface area contributed by atoms with Gasteiger partial charge in [0, 0.05) is 31.5 Å². The maximum atomic E-state index is 12.6. The minimum Gasteiger partial charge on any atom is -0.340 e. The van der Waals surface area contributed by atoms with Gasteiger partial charge in [-0.05, 0) is 50.1 Å². The van der Waals surface area contributed by atoms with Crippen LogP contribution in [-0.2, 0) is 16.6 Å². The third kappa shape index (κ3) is 2.91. The molecule has 1 N–H and O–H groups in total. The van der Waals surface area contributed by atoms with Crippen molar-refractivity contribution in [1.82, 2.24) is 9.47 Å². The Labute approximate surface area is 142 Å². The summed E-state index contributed by atoms with van der Waals surface area (Å²) in [6.07, 6.45) is 1.53. The van der Waals surface area contributed by atoms with E-state index in [1.165, 1.54) is 12.3 Å². The summed E-state index contributed by atoms with van der Waals surface area (Å²) < 4.78 is 29.5. The SMILES string of the molecule is CCN1CCn2cc(S(=O)(=O)Nc3ccc(C)c(C)c3)cc2C1=O. The van der Waals surface area contributed by atoms with Crippen LogP contribution in [0, 0.1) is 13.8 Å². The lowest BCUT2D eigenvalue weighted by Gasteiger charge is -2.26. The van der Waals surface area contributed by atoms with Crippen LogP contribution in [0.15, 0.2) is 35.4 Å². The van der Waals surface area contributed by atoms with Crippen molar-refractivity contribution in [3.05, 3.63) is 47.3 Å². The molecule has 6 nitrogen and oxygen atoms in total. The third-order valence-corrected chi connectivity index (χ3v) is 5.79. The van der Waals surface area contributed by atoms with Crippen molar-refractivity contribution >= 4 is 21.6 Å². The molecule has 0 aliphatic carbocycles. The largest absolute Gasteiger partial charge is 0.340 e. The number of aryl methyl sites for hydroxylation is 2. The van der Waals surface area contributed by atoms with Crippen molar-refractivity contribution in [1.29, 1.82) is 0 Å². The molecule has 0 radical (unpaired) electrons. The molecule has 3 rings (SSSR count). The molecule has 1 aromatic heterocycles. The average molecular weight is 347 g/mol. The van der Waals surface area contributed by atoms with Gasteiger partial charge >= 0.3 is 0 Å². The van der Waals surface area contributed by atoms with Gasteiger partial charge in [0.25, 0.3) is 15.9 Å². The standard InChI is InChI=1S/C17H21N3O3S/c1-4-19-7-8-20-11-15(10-16(20)17(19)21)24(22,23)18-14-6-5-12(2)13(3)9-14/h5-6,9-11,18H,4,7-8H2,1-3H3. The Morgan fingerprint density at radius 2 is 1.88 bits per heavy atom. The summed E-state index contributed by atoms with van der Waals surface area (Å²) in [6, 6.07) is 6.86. The van der Waals surface area contributed by atoms with Crippen molar-refractivity contribution in [3.8, 4) is 0 Å². The molecule has 2 heterocycles. The van der Waals surface area contributed by atoms with Crippen LogP contribution in [0.3, 0.4) is 0 Å². The molecule has 1 aliphatic heterocycles. The molecule has 7 heteroatoms. The minimum absolute atomic E-state index is 0.113. The summed E-state index contributed by atoms with van der Waals surface area (Å²) in [6.45, 7) is 7.64. The number of fused-ring (bicyclic) bond motifs is 1. The number of nitrogens with zero attached hydrogens (tertiary/aromatic N) is 2. The van der Waals surface area contributed by atoms with Crippen LogP contribution in [0.25, 0.3) is 0 Å². The number of aromatic nitrogens is 1. The first-order chi connectivity index (χ1) is 11.3. The van der Waals surface area contributed by atoms with Crippen LogP contribution in [0.5, 0.6) is 0 Å². The summed E-state index contributed by atoms with van der Waals surface area (Å²) in [5, 5.41) is 0. The summed E-state index contributed by atoms with van der Waals surface area (Å²) in [5.41, 5.74) is 3.05. The molecule has 0 fully saturated rings. The minimum atomic E-state index is -3.73. The van der Waals surface area contributed by atoms with E-state index in [0.717, 1.165) is 11.1 Å². The number of anilines is 1. The molecular formula is C17H21N3O3S. The molecule has 0 saturated heterocycles. The average Bonchev–Trinajstić information content (AvgIpc) is 2.97. The highest BCUT2D eigenvalue weighted by Gasteiger charge is 2.27. The molecular weight excluding hydrogens is 326 g/mol. The molecule has 1 aliphatic rings. The Morgan fingerprint density at radius 3 is 2.54 bits per heavy atom. The van der Waals surface area contributed by atoms with Gasteiger partial charge in [0.2, 0.25) is 0 Å². The van der Waals surface area contributed by atoms with E-state index in [9.17, 15) is 13.2 Å². The van der Waals surface area contributed by atoms with Gasteiger partial charge in [0.15, 0.2) is 0 Å². The van der Waals surface area contributed by atoms with Crippen LogP contribution in [-0.4, -0.2) is 36.9 Å². The lowest BCUT2D eigenvalue weighted by atomic mass is 10.1. The second kappa shape index (κ2) is 5.98. The monoisotopic (exact) mass is 347 g/mol. The zero-order valence-corrected chi connectivity index (χ0v) is 14.9. The van der Waals surface area contributed by atoms with Crippen molar-refractivity contribution in [2.75, 3.05) is 17.8 Å². The summed E-state index contributed by atoms with van der Waals surface area (Å²) >= 11 is 0. The van der Waals surface area contributed by atoms with Gasteiger partial charge in [-0.3, -0.25) is 9.52 Å². The van der Waals surface area contributed by atoms with Crippen LogP contribution < -0.4 is 4.72 Å². The number of hydrogen-bond acceptors (Lipinski definition) is 3. The van der Waals surface area contributed by atoms with E-state index in [1.54, 1.807) is 21.6 Å². The van der Waals surface area contributed by atoms with Gasteiger partial charge in [-0.15, -0.1) is 0 Å². The molecule has 0 spiro atoms. The predicted molar refractivity (Wildman–Crippen MR) is 92.7 cm³/mol. The first kappa shape index (κ1) is 16.6. The fourth-order valence-electron chi connectivity index (χ4n) is 2.81. The number of sulfonamides is 1. The first-order valence-corrected chi connectivity index (χ1v) is 9.39. The van der Waals surface area contributed by atoms with E-state index in [1.807, 2.05) is 26.8 Å². The highest BCUT2D eigenvalue weighted by molar-refractivity contribution is 7.92. The fourth-order valence-corrected chi connectivity index (χ4v) is 3.90. The van der Waals surface area contributed by atoms with E-state index in [-0.39, 0.29) is 10.8 Å². The van der Waals surface area contributed by atoms with Crippen molar-refractivity contribution in [2.45, 2.75) is 32.2 Å². The molecule has 0 atom stereocenters. The number of amides is 1. The first-order valence-electron chi connectivity index (χ1n) is 7.91. The highest BCUT2D eigenvalue weighted by Crippen LogP contribution is 2.23. The number of carbonyl (C=O) groups is 1. The molecule has 0 unspecified atom stereocenters. The second-order valence-corrected chi connectivity index (χ2v) is 7.73. The molecule has 128 valence electrons. The number of rotatable bonds is 4. The topological polar surface area (TPSA) is 71.4 Å². The normalized spacial score (nSPS) is 14.6. The highest BCUT2D eigenvalue weighted by atomic mass is 32.2. The summed E-state index contributed by atoms with van der Waals surface area (Å²) in [5.74, 6) is -0.128. The van der Waals surface area contributed by atoms with E-state index < -0.39 is 10.0 Å². The lowest BCUT2D eigenvalue weighted by molar-refractivity contribution is 0.0715. The number of hydrogen-bond donors (Lipinski definition) is 1. The van der Waals surface area contributed by atoms with E-state index in [4.69, 9.17) is 0 Å². The number of benzene rings is 1. The smallest absolute Gasteiger partial charge is 0.270 e. The summed E-state index contributed by atoms with van der Waals surface area (Å²) in [4.78, 5) is 14.1. The molecule has 0 bridgehead atoms. The number of carbonyl (C=O) groups excluding carboxylic acids is 1. The Kier molecular flexibility index (Phi) is 4.13. The van der Waals surface area contributed by atoms with E-state index >= 15 is 0 Å². The van der Waals surface area contributed by atoms with Crippen LogP contribution >= 0.6 is 0 Å². The van der Waals surface area contributed by atoms with E-state index in [2.05, 4.69) is 4.72 Å². The van der Waals surface area contributed by atoms with Gasteiger partial charge < -0.3 is 9.47 Å². The Morgan fingerprint density at radius 1 is 1.12 bits per heavy atom. The molecule has 1 aromatic carbocycles. The molecule has 1 amide bonds. The number of likely N-dealkylation sites (N-methyl/N-ethyl adjacent to an activating group) is 1. The molecule has 2 aromatic rings. The fraction of sp³-hybridized carbons (Fsp3) is 0.353.